The van der Waals surface area contributed by atoms with Gasteiger partial charge in [0.15, 0.2) is 0 Å². The van der Waals surface area contributed by atoms with Gasteiger partial charge in [0, 0.05) is 0 Å². The highest BCUT2D eigenvalue weighted by Gasteiger charge is 1.91. The second kappa shape index (κ2) is 4.77. The molecule has 0 bridgehead atoms. The van der Waals surface area contributed by atoms with E-state index >= 15 is 0 Å². The van der Waals surface area contributed by atoms with Gasteiger partial charge in [-0.3, -0.25) is 0 Å². The molecule has 0 saturated carbocycles. The van der Waals surface area contributed by atoms with Crippen molar-refractivity contribution in [1.82, 2.24) is 0 Å². The molecule has 3 nitrogen and oxygen atoms in total. The van der Waals surface area contributed by atoms with Crippen molar-refractivity contribution in [2.45, 2.75) is 12.9 Å². The molecule has 2 N–H and O–H groups in total. The minimum Gasteiger partial charge on any atom is -0.346 e. The van der Waals surface area contributed by atoms with E-state index in [0.29, 0.717) is 13.0 Å². The highest BCUT2D eigenvalue weighted by Crippen LogP contribution is 1.84. The number of rotatable bonds is 4. The lowest BCUT2D eigenvalue weighted by molar-refractivity contribution is -0.232. The Morgan fingerprint density at radius 2 is 2.25 bits per heavy atom. The monoisotopic (exact) mass is 118 g/mol. The molecular formula is C5H10O3. The molecule has 0 aromatic carbocycles. The average Bonchev–Trinajstić information content (AvgIpc) is 1.66. The lowest BCUT2D eigenvalue weighted by Crippen LogP contribution is -2.10. The Kier molecular flexibility index (Phi) is 4.54. The summed E-state index contributed by atoms with van der Waals surface area (Å²) in [4.78, 5) is 0. The Labute approximate surface area is 48.2 Å². The van der Waals surface area contributed by atoms with Crippen LogP contribution in [0.5, 0.6) is 0 Å². The Hall–Kier alpha value is -0.380. The molecule has 0 aromatic rings. The van der Waals surface area contributed by atoms with Crippen LogP contribution in [0, 0.1) is 0 Å². The van der Waals surface area contributed by atoms with Gasteiger partial charge >= 0.3 is 0 Å². The smallest absolute Gasteiger partial charge is 0.266 e. The number of aliphatic hydroxyl groups is 2. The first-order chi connectivity index (χ1) is 3.77. The molecule has 0 saturated heterocycles. The second-order valence-corrected chi connectivity index (χ2v) is 1.27. The third-order valence-corrected chi connectivity index (χ3v) is 0.589. The number of aliphatic hydroxyl groups excluding tert-OH is 1. The average molecular weight is 118 g/mol. The molecule has 0 aliphatic rings. The lowest BCUT2D eigenvalue weighted by Gasteiger charge is -2.01. The molecule has 0 fully saturated rings. The molecule has 3 heteroatoms. The van der Waals surface area contributed by atoms with Crippen LogP contribution in [0.25, 0.3) is 0 Å². The van der Waals surface area contributed by atoms with Crippen molar-refractivity contribution in [3.63, 3.8) is 0 Å². The van der Waals surface area contributed by atoms with Crippen LogP contribution in [0.4, 0.5) is 0 Å². The molecule has 8 heavy (non-hydrogen) atoms. The van der Waals surface area contributed by atoms with Crippen LogP contribution in [-0.4, -0.2) is 23.3 Å². The molecule has 0 rings (SSSR count). The van der Waals surface area contributed by atoms with Crippen LogP contribution in [-0.2, 0) is 4.74 Å². The molecule has 0 atom stereocenters. The van der Waals surface area contributed by atoms with Crippen molar-refractivity contribution in [3.05, 3.63) is 12.7 Å². The molecule has 48 valence electrons. The van der Waals surface area contributed by atoms with E-state index in [1.54, 1.807) is 6.08 Å². The molecule has 0 aromatic heterocycles. The van der Waals surface area contributed by atoms with Crippen molar-refractivity contribution in [2.24, 2.45) is 0 Å². The third kappa shape index (κ3) is 5.62. The molecular weight excluding hydrogens is 108 g/mol. The normalized spacial score (nSPS) is 9.88. The zero-order chi connectivity index (χ0) is 6.41. The SMILES string of the molecule is C=CCCOC(O)O. The summed E-state index contributed by atoms with van der Waals surface area (Å²) in [5, 5.41) is 16.2. The highest BCUT2D eigenvalue weighted by atomic mass is 16.7. The Bertz CT molecular complexity index is 60.7. The van der Waals surface area contributed by atoms with Gasteiger partial charge in [-0.15, -0.1) is 6.58 Å². The molecule has 0 unspecified atom stereocenters. The topological polar surface area (TPSA) is 49.7 Å². The van der Waals surface area contributed by atoms with E-state index in [-0.39, 0.29) is 0 Å². The summed E-state index contributed by atoms with van der Waals surface area (Å²) in [5.74, 6) is 0. The minimum atomic E-state index is -1.64. The Morgan fingerprint density at radius 3 is 2.62 bits per heavy atom. The van der Waals surface area contributed by atoms with Crippen LogP contribution >= 0.6 is 0 Å². The van der Waals surface area contributed by atoms with Crippen LogP contribution in [0.1, 0.15) is 6.42 Å². The van der Waals surface area contributed by atoms with Gasteiger partial charge in [-0.2, -0.15) is 0 Å². The van der Waals surface area contributed by atoms with E-state index in [4.69, 9.17) is 10.2 Å². The van der Waals surface area contributed by atoms with E-state index in [1.807, 2.05) is 0 Å². The van der Waals surface area contributed by atoms with Gasteiger partial charge in [0.25, 0.3) is 6.48 Å². The Morgan fingerprint density at radius 1 is 1.62 bits per heavy atom. The van der Waals surface area contributed by atoms with Crippen LogP contribution < -0.4 is 0 Å². The summed E-state index contributed by atoms with van der Waals surface area (Å²) in [7, 11) is 0. The van der Waals surface area contributed by atoms with Gasteiger partial charge in [-0.05, 0) is 6.42 Å². The first kappa shape index (κ1) is 7.62. The zero-order valence-corrected chi connectivity index (χ0v) is 4.58. The van der Waals surface area contributed by atoms with Gasteiger partial charge in [0.1, 0.15) is 0 Å². The summed E-state index contributed by atoms with van der Waals surface area (Å²) in [5.41, 5.74) is 0. The van der Waals surface area contributed by atoms with Gasteiger partial charge in [-0.25, -0.2) is 0 Å². The van der Waals surface area contributed by atoms with Crippen molar-refractivity contribution in [2.75, 3.05) is 6.61 Å². The maximum Gasteiger partial charge on any atom is 0.266 e. The lowest BCUT2D eigenvalue weighted by atomic mass is 10.5. The summed E-state index contributed by atoms with van der Waals surface area (Å²) in [6.07, 6.45) is 2.28. The predicted molar refractivity (Wildman–Crippen MR) is 29.0 cm³/mol. The fourth-order valence-corrected chi connectivity index (χ4v) is 0.257. The van der Waals surface area contributed by atoms with Crippen LogP contribution in [0.15, 0.2) is 12.7 Å². The molecule has 0 aliphatic heterocycles. The first-order valence-corrected chi connectivity index (χ1v) is 2.36. The largest absolute Gasteiger partial charge is 0.346 e. The predicted octanol–water partition coefficient (Wildman–Crippen LogP) is -0.153. The second-order valence-electron chi connectivity index (χ2n) is 1.27. The van der Waals surface area contributed by atoms with Crippen molar-refractivity contribution < 1.29 is 14.9 Å². The van der Waals surface area contributed by atoms with E-state index < -0.39 is 6.48 Å². The fraction of sp³-hybridized carbons (Fsp3) is 0.600. The van der Waals surface area contributed by atoms with E-state index in [9.17, 15) is 0 Å². The zero-order valence-electron chi connectivity index (χ0n) is 4.58. The van der Waals surface area contributed by atoms with E-state index in [1.165, 1.54) is 0 Å². The number of hydrogen-bond donors (Lipinski definition) is 2. The number of hydrogen-bond acceptors (Lipinski definition) is 3. The summed E-state index contributed by atoms with van der Waals surface area (Å²) < 4.78 is 4.32. The maximum absolute atomic E-state index is 8.08. The highest BCUT2D eigenvalue weighted by molar-refractivity contribution is 4.64. The van der Waals surface area contributed by atoms with Crippen LogP contribution in [0.2, 0.25) is 0 Å². The van der Waals surface area contributed by atoms with Gasteiger partial charge in [0.2, 0.25) is 0 Å². The third-order valence-electron chi connectivity index (χ3n) is 0.589. The molecule has 0 heterocycles. The van der Waals surface area contributed by atoms with E-state index in [0.717, 1.165) is 0 Å². The van der Waals surface area contributed by atoms with Crippen molar-refractivity contribution >= 4 is 0 Å². The quantitative estimate of drug-likeness (QED) is 0.306. The van der Waals surface area contributed by atoms with Crippen molar-refractivity contribution in [3.8, 4) is 0 Å². The summed E-state index contributed by atoms with van der Waals surface area (Å²) >= 11 is 0. The van der Waals surface area contributed by atoms with Crippen molar-refractivity contribution in [1.29, 1.82) is 0 Å². The molecule has 0 aliphatic carbocycles. The summed E-state index contributed by atoms with van der Waals surface area (Å²) in [6, 6.07) is 0. The molecule has 0 radical (unpaired) electrons. The van der Waals surface area contributed by atoms with Gasteiger partial charge in [0.05, 0.1) is 6.61 Å². The van der Waals surface area contributed by atoms with E-state index in [2.05, 4.69) is 11.3 Å². The number of ether oxygens (including phenoxy) is 1. The Balaban J connectivity index is 2.81. The minimum absolute atomic E-state index is 0.307. The first-order valence-electron chi connectivity index (χ1n) is 2.36. The summed E-state index contributed by atoms with van der Waals surface area (Å²) in [6.45, 7) is 2.08. The molecule has 0 spiro atoms. The van der Waals surface area contributed by atoms with Gasteiger partial charge in [-0.1, -0.05) is 6.08 Å². The van der Waals surface area contributed by atoms with Crippen LogP contribution in [0.3, 0.4) is 0 Å². The standard InChI is InChI=1S/C5H10O3/c1-2-3-4-8-5(6)7/h2,5-7H,1,3-4H2. The maximum atomic E-state index is 8.08. The fourth-order valence-electron chi connectivity index (χ4n) is 0.257. The molecule has 0 amide bonds. The van der Waals surface area contributed by atoms with Gasteiger partial charge < -0.3 is 14.9 Å².